The lowest BCUT2D eigenvalue weighted by atomic mass is 9.69. The summed E-state index contributed by atoms with van der Waals surface area (Å²) in [4.78, 5) is 24.6. The number of rotatable bonds is 3. The summed E-state index contributed by atoms with van der Waals surface area (Å²) in [6.07, 6.45) is 1.49. The van der Waals surface area contributed by atoms with Crippen molar-refractivity contribution in [3.05, 3.63) is 0 Å². The topological polar surface area (TPSA) is 103 Å². The SMILES string of the molecule is N#CC1CN(C(=O)NCC2(C(=O)O)CCC2)CCO1. The van der Waals surface area contributed by atoms with Gasteiger partial charge in [0, 0.05) is 13.1 Å². The van der Waals surface area contributed by atoms with Crippen molar-refractivity contribution in [3.63, 3.8) is 0 Å². The van der Waals surface area contributed by atoms with Gasteiger partial charge in [0.15, 0.2) is 6.10 Å². The second kappa shape index (κ2) is 5.45. The first-order chi connectivity index (χ1) is 9.07. The predicted molar refractivity (Wildman–Crippen MR) is 64.2 cm³/mol. The molecule has 0 aromatic rings. The smallest absolute Gasteiger partial charge is 0.317 e. The standard InChI is InChI=1S/C12H17N3O4/c13-6-9-7-15(4-5-19-9)11(18)14-8-12(10(16)17)2-1-3-12/h9H,1-5,7-8H2,(H,14,18)(H,16,17). The zero-order valence-electron chi connectivity index (χ0n) is 10.6. The minimum absolute atomic E-state index is 0.149. The van der Waals surface area contributed by atoms with Crippen LogP contribution < -0.4 is 5.32 Å². The molecule has 0 aromatic heterocycles. The van der Waals surface area contributed by atoms with Gasteiger partial charge in [-0.25, -0.2) is 4.79 Å². The number of nitrogens with zero attached hydrogens (tertiary/aromatic N) is 2. The quantitative estimate of drug-likeness (QED) is 0.759. The van der Waals surface area contributed by atoms with Gasteiger partial charge in [0.2, 0.25) is 0 Å². The number of hydrogen-bond acceptors (Lipinski definition) is 4. The molecule has 1 atom stereocenters. The third-order valence-corrected chi connectivity index (χ3v) is 3.84. The van der Waals surface area contributed by atoms with Crippen molar-refractivity contribution in [3.8, 4) is 6.07 Å². The Bertz CT molecular complexity index is 414. The number of carboxylic acids is 1. The first-order valence-corrected chi connectivity index (χ1v) is 6.35. The van der Waals surface area contributed by atoms with Crippen LogP contribution in [0, 0.1) is 16.7 Å². The highest BCUT2D eigenvalue weighted by atomic mass is 16.5. The Hall–Kier alpha value is -1.81. The van der Waals surface area contributed by atoms with E-state index in [9.17, 15) is 9.59 Å². The first-order valence-electron chi connectivity index (χ1n) is 6.35. The van der Waals surface area contributed by atoms with Gasteiger partial charge in [-0.05, 0) is 12.8 Å². The van der Waals surface area contributed by atoms with E-state index in [2.05, 4.69) is 5.32 Å². The summed E-state index contributed by atoms with van der Waals surface area (Å²) >= 11 is 0. The Morgan fingerprint density at radius 1 is 1.53 bits per heavy atom. The van der Waals surface area contributed by atoms with Crippen LogP contribution >= 0.6 is 0 Å². The number of carbonyl (C=O) groups is 2. The van der Waals surface area contributed by atoms with Gasteiger partial charge in [-0.3, -0.25) is 4.79 Å². The van der Waals surface area contributed by atoms with Crippen molar-refractivity contribution in [2.24, 2.45) is 5.41 Å². The molecular weight excluding hydrogens is 250 g/mol. The van der Waals surface area contributed by atoms with Crippen LogP contribution in [0.1, 0.15) is 19.3 Å². The summed E-state index contributed by atoms with van der Waals surface area (Å²) < 4.78 is 5.15. The molecule has 2 rings (SSSR count). The zero-order chi connectivity index (χ0) is 13.9. The van der Waals surface area contributed by atoms with Crippen LogP contribution in [0.4, 0.5) is 4.79 Å². The van der Waals surface area contributed by atoms with E-state index in [-0.39, 0.29) is 19.1 Å². The van der Waals surface area contributed by atoms with E-state index in [1.54, 1.807) is 0 Å². The highest BCUT2D eigenvalue weighted by molar-refractivity contribution is 5.79. The average Bonchev–Trinajstić information content (AvgIpc) is 2.37. The fourth-order valence-corrected chi connectivity index (χ4v) is 2.34. The molecule has 104 valence electrons. The number of aliphatic carboxylic acids is 1. The van der Waals surface area contributed by atoms with E-state index < -0.39 is 17.5 Å². The van der Waals surface area contributed by atoms with Crippen LogP contribution in [0.5, 0.6) is 0 Å². The number of nitriles is 1. The third-order valence-electron chi connectivity index (χ3n) is 3.84. The van der Waals surface area contributed by atoms with Gasteiger partial charge in [-0.15, -0.1) is 0 Å². The molecule has 1 saturated heterocycles. The normalized spacial score (nSPS) is 25.0. The summed E-state index contributed by atoms with van der Waals surface area (Å²) in [5, 5.41) is 20.6. The van der Waals surface area contributed by atoms with Crippen molar-refractivity contribution in [1.29, 1.82) is 5.26 Å². The minimum Gasteiger partial charge on any atom is -0.481 e. The van der Waals surface area contributed by atoms with Crippen LogP contribution in [0.25, 0.3) is 0 Å². The van der Waals surface area contributed by atoms with Crippen LogP contribution in [-0.2, 0) is 9.53 Å². The lowest BCUT2D eigenvalue weighted by Gasteiger charge is -2.38. The Kier molecular flexibility index (Phi) is 3.90. The number of amides is 2. The fourth-order valence-electron chi connectivity index (χ4n) is 2.34. The molecule has 1 aliphatic heterocycles. The summed E-state index contributed by atoms with van der Waals surface area (Å²) in [6.45, 7) is 1.12. The molecule has 2 aliphatic rings. The molecule has 0 radical (unpaired) electrons. The van der Waals surface area contributed by atoms with E-state index in [0.717, 1.165) is 6.42 Å². The summed E-state index contributed by atoms with van der Waals surface area (Å²) in [5.41, 5.74) is -0.795. The predicted octanol–water partition coefficient (Wildman–Crippen LogP) is 0.175. The van der Waals surface area contributed by atoms with E-state index in [1.165, 1.54) is 4.90 Å². The maximum atomic E-state index is 11.9. The molecule has 0 spiro atoms. The molecule has 1 unspecified atom stereocenters. The minimum atomic E-state index is -0.851. The van der Waals surface area contributed by atoms with Crippen molar-refractivity contribution in [1.82, 2.24) is 10.2 Å². The number of morpholine rings is 1. The second-order valence-electron chi connectivity index (χ2n) is 5.03. The van der Waals surface area contributed by atoms with Gasteiger partial charge in [-0.2, -0.15) is 5.26 Å². The van der Waals surface area contributed by atoms with Crippen LogP contribution in [0.15, 0.2) is 0 Å². The highest BCUT2D eigenvalue weighted by Crippen LogP contribution is 2.40. The van der Waals surface area contributed by atoms with Gasteiger partial charge in [-0.1, -0.05) is 6.42 Å². The maximum absolute atomic E-state index is 11.9. The Labute approximate surface area is 111 Å². The molecule has 7 heteroatoms. The molecule has 19 heavy (non-hydrogen) atoms. The molecule has 2 fully saturated rings. The van der Waals surface area contributed by atoms with E-state index in [1.807, 2.05) is 6.07 Å². The lowest BCUT2D eigenvalue weighted by molar-refractivity contribution is -0.153. The van der Waals surface area contributed by atoms with Crippen molar-refractivity contribution < 1.29 is 19.4 Å². The summed E-state index contributed by atoms with van der Waals surface area (Å²) in [5.74, 6) is -0.851. The zero-order valence-corrected chi connectivity index (χ0v) is 10.6. The second-order valence-corrected chi connectivity index (χ2v) is 5.03. The van der Waals surface area contributed by atoms with Crippen molar-refractivity contribution in [2.75, 3.05) is 26.2 Å². The number of carbonyl (C=O) groups excluding carboxylic acids is 1. The van der Waals surface area contributed by atoms with E-state index >= 15 is 0 Å². The monoisotopic (exact) mass is 267 g/mol. The molecule has 0 bridgehead atoms. The average molecular weight is 267 g/mol. The van der Waals surface area contributed by atoms with Crippen LogP contribution in [-0.4, -0.2) is 54.4 Å². The molecule has 1 aliphatic carbocycles. The number of ether oxygens (including phenoxy) is 1. The number of urea groups is 1. The van der Waals surface area contributed by atoms with E-state index in [4.69, 9.17) is 15.1 Å². The Balaban J connectivity index is 1.84. The summed E-state index contributed by atoms with van der Waals surface area (Å²) in [6, 6.07) is 1.64. The van der Waals surface area contributed by atoms with Crippen molar-refractivity contribution in [2.45, 2.75) is 25.4 Å². The molecule has 2 amide bonds. The number of nitrogens with one attached hydrogen (secondary N) is 1. The van der Waals surface area contributed by atoms with Gasteiger partial charge in [0.05, 0.1) is 24.6 Å². The third kappa shape index (κ3) is 2.79. The molecule has 2 N–H and O–H groups in total. The molecule has 7 nitrogen and oxygen atoms in total. The lowest BCUT2D eigenvalue weighted by Crippen LogP contribution is -2.53. The Morgan fingerprint density at radius 3 is 2.79 bits per heavy atom. The molecule has 1 heterocycles. The van der Waals surface area contributed by atoms with Crippen molar-refractivity contribution >= 4 is 12.0 Å². The molecule has 0 aromatic carbocycles. The largest absolute Gasteiger partial charge is 0.481 e. The van der Waals surface area contributed by atoms with Gasteiger partial charge >= 0.3 is 12.0 Å². The molecule has 1 saturated carbocycles. The first kappa shape index (κ1) is 13.6. The maximum Gasteiger partial charge on any atom is 0.317 e. The van der Waals surface area contributed by atoms with Gasteiger partial charge in [0.25, 0.3) is 0 Å². The number of hydrogen-bond donors (Lipinski definition) is 2. The van der Waals surface area contributed by atoms with Gasteiger partial charge in [0.1, 0.15) is 0 Å². The molecular formula is C12H17N3O4. The fraction of sp³-hybridized carbons (Fsp3) is 0.750. The Morgan fingerprint density at radius 2 is 2.26 bits per heavy atom. The number of carboxylic acid groups (broad SMARTS) is 1. The van der Waals surface area contributed by atoms with Crippen LogP contribution in [0.3, 0.4) is 0 Å². The summed E-state index contributed by atoms with van der Waals surface area (Å²) in [7, 11) is 0. The van der Waals surface area contributed by atoms with E-state index in [0.29, 0.717) is 26.0 Å². The van der Waals surface area contributed by atoms with Gasteiger partial charge < -0.3 is 20.1 Å². The highest BCUT2D eigenvalue weighted by Gasteiger charge is 2.44. The van der Waals surface area contributed by atoms with Crippen LogP contribution in [0.2, 0.25) is 0 Å².